The number of hydrogen-bond donors (Lipinski definition) is 0. The second-order valence-electron chi connectivity index (χ2n) is 9.10. The number of rotatable bonds is 4. The van der Waals surface area contributed by atoms with E-state index >= 15 is 0 Å². The van der Waals surface area contributed by atoms with Gasteiger partial charge < -0.3 is 14.5 Å². The van der Waals surface area contributed by atoms with Crippen molar-refractivity contribution in [1.82, 2.24) is 9.88 Å². The lowest BCUT2D eigenvalue weighted by atomic mass is 9.97. The highest BCUT2D eigenvalue weighted by molar-refractivity contribution is 6.33. The summed E-state index contributed by atoms with van der Waals surface area (Å²) in [5.74, 6) is 0.273. The third-order valence-corrected chi connectivity index (χ3v) is 7.06. The molecule has 0 N–H and O–H groups in total. The zero-order valence-electron chi connectivity index (χ0n) is 18.9. The van der Waals surface area contributed by atoms with Gasteiger partial charge in [-0.2, -0.15) is 0 Å². The number of anilines is 1. The van der Waals surface area contributed by atoms with Crippen LogP contribution in [0.4, 0.5) is 5.69 Å². The van der Waals surface area contributed by atoms with Crippen LogP contribution in [0, 0.1) is 5.92 Å². The summed E-state index contributed by atoms with van der Waals surface area (Å²) in [4.78, 5) is 22.4. The molecule has 2 aliphatic heterocycles. The molecular formula is C27H30ClN3O2. The van der Waals surface area contributed by atoms with Gasteiger partial charge in [0.05, 0.1) is 29.4 Å². The number of carbonyl (C=O) groups excluding carboxylic acids is 1. The summed E-state index contributed by atoms with van der Waals surface area (Å²) in [6.45, 7) is 4.47. The SMILES string of the molecule is O=C(c1ccc(Cl)c(N2CCCCC2)c1)N1CCOCC(Cc2cccc3cccnc23)C1. The van der Waals surface area contributed by atoms with Crippen LogP contribution in [0.2, 0.25) is 5.02 Å². The lowest BCUT2D eigenvalue weighted by Gasteiger charge is -2.30. The zero-order valence-corrected chi connectivity index (χ0v) is 19.6. The molecular weight excluding hydrogens is 434 g/mol. The van der Waals surface area contributed by atoms with Gasteiger partial charge in [0.1, 0.15) is 0 Å². The average molecular weight is 464 g/mol. The molecule has 0 saturated carbocycles. The standard InChI is InChI=1S/C27H30ClN3O2/c28-24-10-9-23(17-25(24)30-12-2-1-3-13-30)27(32)31-14-15-33-19-20(18-31)16-22-7-4-6-21-8-5-11-29-26(21)22/h4-11,17,20H,1-3,12-16,18-19H2. The van der Waals surface area contributed by atoms with E-state index in [0.29, 0.717) is 36.9 Å². The Balaban J connectivity index is 1.34. The number of ether oxygens (including phenoxy) is 1. The number of amides is 1. The van der Waals surface area contributed by atoms with Gasteiger partial charge in [-0.1, -0.05) is 35.9 Å². The van der Waals surface area contributed by atoms with Crippen LogP contribution < -0.4 is 4.90 Å². The first kappa shape index (κ1) is 22.2. The highest BCUT2D eigenvalue weighted by atomic mass is 35.5. The molecule has 33 heavy (non-hydrogen) atoms. The minimum absolute atomic E-state index is 0.0523. The van der Waals surface area contributed by atoms with Crippen molar-refractivity contribution in [2.75, 3.05) is 44.3 Å². The molecule has 172 valence electrons. The maximum atomic E-state index is 13.5. The smallest absolute Gasteiger partial charge is 0.254 e. The van der Waals surface area contributed by atoms with Crippen LogP contribution in [0.15, 0.2) is 54.7 Å². The molecule has 0 aliphatic carbocycles. The van der Waals surface area contributed by atoms with Crippen LogP contribution in [0.3, 0.4) is 0 Å². The summed E-state index contributed by atoms with van der Waals surface area (Å²) in [5, 5.41) is 1.86. The van der Waals surface area contributed by atoms with E-state index in [1.54, 1.807) is 0 Å². The Morgan fingerprint density at radius 1 is 1.06 bits per heavy atom. The third-order valence-electron chi connectivity index (χ3n) is 6.74. The van der Waals surface area contributed by atoms with Gasteiger partial charge in [-0.25, -0.2) is 0 Å². The normalized spacial score (nSPS) is 19.5. The fraction of sp³-hybridized carbons (Fsp3) is 0.407. The van der Waals surface area contributed by atoms with E-state index in [1.807, 2.05) is 35.4 Å². The van der Waals surface area contributed by atoms with Crippen molar-refractivity contribution >= 4 is 34.1 Å². The molecule has 5 nitrogen and oxygen atoms in total. The average Bonchev–Trinajstić information content (AvgIpc) is 3.10. The van der Waals surface area contributed by atoms with Crippen molar-refractivity contribution in [3.63, 3.8) is 0 Å². The second kappa shape index (κ2) is 10.1. The van der Waals surface area contributed by atoms with E-state index in [1.165, 1.54) is 24.8 Å². The van der Waals surface area contributed by atoms with Crippen molar-refractivity contribution < 1.29 is 9.53 Å². The van der Waals surface area contributed by atoms with Crippen LogP contribution in [0.25, 0.3) is 10.9 Å². The molecule has 1 atom stereocenters. The highest BCUT2D eigenvalue weighted by Crippen LogP contribution is 2.30. The minimum Gasteiger partial charge on any atom is -0.379 e. The Kier molecular flexibility index (Phi) is 6.79. The Hall–Kier alpha value is -2.63. The summed E-state index contributed by atoms with van der Waals surface area (Å²) in [5.41, 5.74) is 3.92. The van der Waals surface area contributed by atoms with Crippen molar-refractivity contribution in [2.24, 2.45) is 5.92 Å². The molecule has 6 heteroatoms. The highest BCUT2D eigenvalue weighted by Gasteiger charge is 2.25. The second-order valence-corrected chi connectivity index (χ2v) is 9.51. The van der Waals surface area contributed by atoms with Gasteiger partial charge in [0, 0.05) is 49.2 Å². The molecule has 1 amide bonds. The molecule has 3 aromatic rings. The minimum atomic E-state index is 0.0523. The zero-order chi connectivity index (χ0) is 22.6. The Labute approximate surface area is 200 Å². The number of aromatic nitrogens is 1. The topological polar surface area (TPSA) is 45.7 Å². The molecule has 2 aromatic carbocycles. The van der Waals surface area contributed by atoms with Gasteiger partial charge in [-0.3, -0.25) is 9.78 Å². The van der Waals surface area contributed by atoms with Gasteiger partial charge in [0.2, 0.25) is 0 Å². The van der Waals surface area contributed by atoms with E-state index in [2.05, 4.69) is 34.1 Å². The monoisotopic (exact) mass is 463 g/mol. The summed E-state index contributed by atoms with van der Waals surface area (Å²) >= 11 is 6.51. The summed E-state index contributed by atoms with van der Waals surface area (Å²) in [7, 11) is 0. The largest absolute Gasteiger partial charge is 0.379 e. The number of benzene rings is 2. The number of halogens is 1. The number of piperidine rings is 1. The lowest BCUT2D eigenvalue weighted by Crippen LogP contribution is -2.36. The lowest BCUT2D eigenvalue weighted by molar-refractivity contribution is 0.0737. The maximum Gasteiger partial charge on any atom is 0.254 e. The van der Waals surface area contributed by atoms with E-state index in [4.69, 9.17) is 16.3 Å². The van der Waals surface area contributed by atoms with Crippen molar-refractivity contribution in [3.05, 3.63) is 70.9 Å². The molecule has 1 unspecified atom stereocenters. The van der Waals surface area contributed by atoms with E-state index in [9.17, 15) is 4.79 Å². The number of nitrogens with zero attached hydrogens (tertiary/aromatic N) is 3. The first-order valence-electron chi connectivity index (χ1n) is 11.9. The fourth-order valence-corrected chi connectivity index (χ4v) is 5.27. The maximum absolute atomic E-state index is 13.5. The molecule has 2 fully saturated rings. The predicted octanol–water partition coefficient (Wildman–Crippen LogP) is 5.21. The number of fused-ring (bicyclic) bond motifs is 1. The third kappa shape index (κ3) is 4.99. The van der Waals surface area contributed by atoms with Gasteiger partial charge in [-0.05, 0) is 55.5 Å². The van der Waals surface area contributed by atoms with Crippen LogP contribution >= 0.6 is 11.6 Å². The fourth-order valence-electron chi connectivity index (χ4n) is 5.04. The van der Waals surface area contributed by atoms with Crippen molar-refractivity contribution in [1.29, 1.82) is 0 Å². The van der Waals surface area contributed by atoms with E-state index in [0.717, 1.165) is 36.1 Å². The summed E-state index contributed by atoms with van der Waals surface area (Å²) in [6, 6.07) is 16.1. The van der Waals surface area contributed by atoms with Gasteiger partial charge in [0.25, 0.3) is 5.91 Å². The molecule has 0 bridgehead atoms. The van der Waals surface area contributed by atoms with Crippen molar-refractivity contribution in [2.45, 2.75) is 25.7 Å². The Morgan fingerprint density at radius 3 is 2.79 bits per heavy atom. The van der Waals surface area contributed by atoms with Crippen LogP contribution in [0.1, 0.15) is 35.2 Å². The van der Waals surface area contributed by atoms with Gasteiger partial charge in [-0.15, -0.1) is 0 Å². The van der Waals surface area contributed by atoms with Crippen LogP contribution in [0.5, 0.6) is 0 Å². The summed E-state index contributed by atoms with van der Waals surface area (Å²) in [6.07, 6.45) is 6.27. The van der Waals surface area contributed by atoms with E-state index < -0.39 is 0 Å². The Morgan fingerprint density at radius 2 is 1.91 bits per heavy atom. The molecule has 1 aromatic heterocycles. The van der Waals surface area contributed by atoms with Gasteiger partial charge >= 0.3 is 0 Å². The molecule has 3 heterocycles. The number of hydrogen-bond acceptors (Lipinski definition) is 4. The summed E-state index contributed by atoms with van der Waals surface area (Å²) < 4.78 is 5.90. The quantitative estimate of drug-likeness (QED) is 0.532. The predicted molar refractivity (Wildman–Crippen MR) is 133 cm³/mol. The number of carbonyl (C=O) groups is 1. The van der Waals surface area contributed by atoms with Crippen LogP contribution in [-0.4, -0.2) is 55.2 Å². The molecule has 5 rings (SSSR count). The van der Waals surface area contributed by atoms with Gasteiger partial charge in [0.15, 0.2) is 0 Å². The van der Waals surface area contributed by atoms with Crippen LogP contribution in [-0.2, 0) is 11.2 Å². The molecule has 2 aliphatic rings. The number of pyridine rings is 1. The molecule has 0 radical (unpaired) electrons. The first-order chi connectivity index (χ1) is 16.2. The number of para-hydroxylation sites is 1. The van der Waals surface area contributed by atoms with Crippen molar-refractivity contribution in [3.8, 4) is 0 Å². The Bertz CT molecular complexity index is 1120. The first-order valence-corrected chi connectivity index (χ1v) is 12.3. The van der Waals surface area contributed by atoms with E-state index in [-0.39, 0.29) is 11.8 Å². The molecule has 0 spiro atoms. The molecule has 2 saturated heterocycles.